The average Bonchev–Trinajstić information content (AvgIpc) is 2.96. The van der Waals surface area contributed by atoms with Crippen LogP contribution in [0.3, 0.4) is 0 Å². The van der Waals surface area contributed by atoms with E-state index < -0.39 is 19.2 Å². The summed E-state index contributed by atoms with van der Waals surface area (Å²) in [6, 6.07) is 17.5. The van der Waals surface area contributed by atoms with E-state index in [0.717, 1.165) is 24.1 Å². The van der Waals surface area contributed by atoms with Gasteiger partial charge in [-0.2, -0.15) is 8.78 Å². The van der Waals surface area contributed by atoms with E-state index in [0.29, 0.717) is 65.1 Å². The largest absolute Gasteiger partial charge is 0.425 e. The summed E-state index contributed by atoms with van der Waals surface area (Å²) in [6.45, 7) is 7.65. The number of thioether (sulfide) groups is 1. The lowest BCUT2D eigenvalue weighted by atomic mass is 10.2. The monoisotopic (exact) mass is 640 g/mol. The molecule has 1 fully saturated rings. The second-order valence-corrected chi connectivity index (χ2v) is 13.9. The molecule has 0 aliphatic carbocycles. The first-order valence-electron chi connectivity index (χ1n) is 13.1. The Morgan fingerprint density at radius 2 is 1.71 bits per heavy atom. The van der Waals surface area contributed by atoms with Crippen molar-refractivity contribution in [3.05, 3.63) is 70.7 Å². The van der Waals surface area contributed by atoms with Crippen molar-refractivity contribution in [2.24, 2.45) is 4.74 Å². The normalized spacial score (nSPS) is 19.2. The van der Waals surface area contributed by atoms with E-state index in [4.69, 9.17) is 37.4 Å². The summed E-state index contributed by atoms with van der Waals surface area (Å²) in [7, 11) is -3.15. The third-order valence-electron chi connectivity index (χ3n) is 6.89. The molecule has 0 saturated carbocycles. The molecule has 13 heteroatoms. The number of carbonyl (C=O) groups is 1. The van der Waals surface area contributed by atoms with Crippen molar-refractivity contribution in [2.45, 2.75) is 24.5 Å². The summed E-state index contributed by atoms with van der Waals surface area (Å²) in [5.74, 6) is -2.10. The second kappa shape index (κ2) is 12.9. The van der Waals surface area contributed by atoms with E-state index in [9.17, 15) is 13.6 Å². The van der Waals surface area contributed by atoms with Crippen LogP contribution in [0, 0.1) is 0 Å². The van der Waals surface area contributed by atoms with Crippen LogP contribution in [0.25, 0.3) is 0 Å². The fraction of sp³-hybridized carbons (Fsp3) is 0.321. The van der Waals surface area contributed by atoms with Gasteiger partial charge in [0.25, 0.3) is 5.76 Å². The number of alkyl halides is 2. The number of hydrogen-bond acceptors (Lipinski definition) is 6. The lowest BCUT2D eigenvalue weighted by Gasteiger charge is -2.47. The summed E-state index contributed by atoms with van der Waals surface area (Å²) < 4.78 is 46.8. The van der Waals surface area contributed by atoms with E-state index in [1.54, 1.807) is 47.1 Å². The Kier molecular flexibility index (Phi) is 9.48. The molecule has 3 aromatic carbocycles. The van der Waals surface area contributed by atoms with Gasteiger partial charge in [-0.3, -0.25) is 0 Å². The first kappa shape index (κ1) is 30.1. The number of hydrogen-bond donors (Lipinski definition) is 0. The molecule has 2 heterocycles. The zero-order valence-electron chi connectivity index (χ0n) is 22.5. The van der Waals surface area contributed by atoms with Gasteiger partial charge in [0.1, 0.15) is 5.75 Å². The number of fused-ring (bicyclic) bond motifs is 1. The molecular weight excluding hydrogens is 612 g/mol. The van der Waals surface area contributed by atoms with Crippen molar-refractivity contribution in [3.8, 4) is 5.75 Å². The maximum atomic E-state index is 14.0. The molecule has 3 aromatic rings. The Morgan fingerprint density at radius 3 is 2.34 bits per heavy atom. The highest BCUT2D eigenvalue weighted by molar-refractivity contribution is 7.99. The molecule has 5 rings (SSSR count). The quantitative estimate of drug-likeness (QED) is 0.182. The van der Waals surface area contributed by atoms with Gasteiger partial charge in [0.15, 0.2) is 7.36 Å². The molecular formula is C28H29Cl2F2N4O3PS. The van der Waals surface area contributed by atoms with Gasteiger partial charge in [-0.25, -0.2) is 18.9 Å². The van der Waals surface area contributed by atoms with Crippen LogP contribution in [0.5, 0.6) is 5.75 Å². The highest BCUT2D eigenvalue weighted by Crippen LogP contribution is 2.63. The van der Waals surface area contributed by atoms with Crippen molar-refractivity contribution < 1.29 is 23.0 Å². The van der Waals surface area contributed by atoms with E-state index in [2.05, 4.69) is 23.4 Å². The minimum absolute atomic E-state index is 0.285. The maximum Gasteiger partial charge on any atom is 0.425 e. The Morgan fingerprint density at radius 1 is 1.00 bits per heavy atom. The number of morpholine rings is 1. The van der Waals surface area contributed by atoms with Crippen molar-refractivity contribution >= 4 is 70.8 Å². The van der Waals surface area contributed by atoms with Gasteiger partial charge in [-0.1, -0.05) is 35.0 Å². The van der Waals surface area contributed by atoms with Gasteiger partial charge in [0.05, 0.1) is 39.9 Å². The van der Waals surface area contributed by atoms with Crippen LogP contribution in [0.2, 0.25) is 10.0 Å². The standard InChI is InChI=1S/C28H29Cl2F2N4O3PS/c1-3-34(4-2)20-8-12-26-25(18-20)39-28(37)36(21-7-11-23(29)24(30)17-21)40(26,35-13-15-38-16-14-35)33-19-5-9-22(10-6-19)41-27(31)32/h5-12,17-18,27H,3-4,13-16H2,1-2H3. The van der Waals surface area contributed by atoms with Gasteiger partial charge < -0.3 is 14.4 Å². The molecule has 2 aliphatic rings. The third kappa shape index (κ3) is 6.10. The SMILES string of the molecule is CCN(CC)c1ccc2c(c1)OC(=O)N(c1ccc(Cl)c(Cl)c1)P2(=Nc1ccc(SC(F)F)cc1)N1CCOCC1. The number of rotatable bonds is 8. The summed E-state index contributed by atoms with van der Waals surface area (Å²) in [6.07, 6.45) is -0.596. The number of carbonyl (C=O) groups excluding carboxylic acids is 1. The van der Waals surface area contributed by atoms with Crippen LogP contribution in [0.4, 0.5) is 30.6 Å². The zero-order valence-corrected chi connectivity index (χ0v) is 25.7. The van der Waals surface area contributed by atoms with Crippen LogP contribution in [0.15, 0.2) is 70.3 Å². The fourth-order valence-corrected chi connectivity index (χ4v) is 9.45. The first-order valence-corrected chi connectivity index (χ1v) is 16.4. The Labute approximate surface area is 252 Å². The van der Waals surface area contributed by atoms with Crippen LogP contribution in [-0.2, 0) is 4.74 Å². The molecule has 0 aromatic heterocycles. The van der Waals surface area contributed by atoms with Crippen LogP contribution in [-0.4, -0.2) is 55.9 Å². The lowest BCUT2D eigenvalue weighted by Crippen LogP contribution is -2.49. The van der Waals surface area contributed by atoms with E-state index >= 15 is 0 Å². The lowest BCUT2D eigenvalue weighted by molar-refractivity contribution is 0.0742. The highest BCUT2D eigenvalue weighted by Gasteiger charge is 2.48. The molecule has 2 aliphatic heterocycles. The average molecular weight is 642 g/mol. The molecule has 1 unspecified atom stereocenters. The van der Waals surface area contributed by atoms with Crippen molar-refractivity contribution in [1.29, 1.82) is 0 Å². The molecule has 7 nitrogen and oxygen atoms in total. The van der Waals surface area contributed by atoms with Gasteiger partial charge >= 0.3 is 6.09 Å². The summed E-state index contributed by atoms with van der Waals surface area (Å²) >= 11 is 13.1. The molecule has 0 spiro atoms. The number of anilines is 2. The Balaban J connectivity index is 1.79. The molecule has 1 atom stereocenters. The van der Waals surface area contributed by atoms with Gasteiger partial charge in [0, 0.05) is 42.8 Å². The van der Waals surface area contributed by atoms with Crippen molar-refractivity contribution in [1.82, 2.24) is 4.67 Å². The van der Waals surface area contributed by atoms with Crippen LogP contribution >= 0.6 is 42.3 Å². The number of amides is 1. The summed E-state index contributed by atoms with van der Waals surface area (Å²) in [5, 5.41) is 1.39. The second-order valence-electron chi connectivity index (χ2n) is 9.21. The maximum absolute atomic E-state index is 14.0. The fourth-order valence-electron chi connectivity index (χ4n) is 4.99. The number of halogens is 4. The predicted molar refractivity (Wildman–Crippen MR) is 164 cm³/mol. The van der Waals surface area contributed by atoms with E-state index in [1.807, 2.05) is 18.2 Å². The molecule has 0 N–H and O–H groups in total. The number of nitrogens with zero attached hydrogens (tertiary/aromatic N) is 4. The van der Waals surface area contributed by atoms with Crippen molar-refractivity contribution in [3.63, 3.8) is 0 Å². The van der Waals surface area contributed by atoms with Gasteiger partial charge in [0.2, 0.25) is 0 Å². The van der Waals surface area contributed by atoms with E-state index in [-0.39, 0.29) is 5.02 Å². The minimum atomic E-state index is -3.15. The Hall–Kier alpha value is -2.33. The van der Waals surface area contributed by atoms with E-state index in [1.165, 1.54) is 0 Å². The molecule has 0 radical (unpaired) electrons. The molecule has 41 heavy (non-hydrogen) atoms. The molecule has 1 amide bonds. The van der Waals surface area contributed by atoms with Crippen LogP contribution < -0.4 is 19.6 Å². The van der Waals surface area contributed by atoms with Gasteiger partial charge in [-0.05, 0) is 68.4 Å². The minimum Gasteiger partial charge on any atom is -0.409 e. The van der Waals surface area contributed by atoms with Gasteiger partial charge in [-0.15, -0.1) is 0 Å². The van der Waals surface area contributed by atoms with Crippen molar-refractivity contribution in [2.75, 3.05) is 49.0 Å². The molecule has 1 saturated heterocycles. The molecule has 218 valence electrons. The van der Waals surface area contributed by atoms with Crippen LogP contribution in [0.1, 0.15) is 13.8 Å². The number of benzene rings is 3. The number of ether oxygens (including phenoxy) is 2. The smallest absolute Gasteiger partial charge is 0.409 e. The third-order valence-corrected chi connectivity index (χ3v) is 12.0. The highest BCUT2D eigenvalue weighted by atomic mass is 35.5. The zero-order chi connectivity index (χ0) is 29.1. The molecule has 0 bridgehead atoms. The predicted octanol–water partition coefficient (Wildman–Crippen LogP) is 8.49. The first-order chi connectivity index (χ1) is 19.8. The summed E-state index contributed by atoms with van der Waals surface area (Å²) in [5.41, 5.74) is 1.95. The summed E-state index contributed by atoms with van der Waals surface area (Å²) in [4.78, 5) is 16.6. The Bertz CT molecular complexity index is 1470. The topological polar surface area (TPSA) is 57.6 Å².